The second-order valence-electron chi connectivity index (χ2n) is 4.16. The van der Waals surface area contributed by atoms with Crippen LogP contribution in [0.2, 0.25) is 0 Å². The van der Waals surface area contributed by atoms with E-state index in [1.807, 2.05) is 0 Å². The Kier molecular flexibility index (Phi) is 3.77. The van der Waals surface area contributed by atoms with Crippen LogP contribution in [0.15, 0.2) is 0 Å². The fourth-order valence-electron chi connectivity index (χ4n) is 1.80. The normalized spacial score (nSPS) is 30.4. The molecule has 0 radical (unpaired) electrons. The van der Waals surface area contributed by atoms with E-state index in [0.29, 0.717) is 5.92 Å². The van der Waals surface area contributed by atoms with Crippen LogP contribution in [0.3, 0.4) is 0 Å². The summed E-state index contributed by atoms with van der Waals surface area (Å²) in [5.74, 6) is 3.16. The van der Waals surface area contributed by atoms with Crippen molar-refractivity contribution in [1.29, 1.82) is 0 Å². The van der Waals surface area contributed by atoms with E-state index in [2.05, 4.69) is 25.1 Å². The average Bonchev–Trinajstić information content (AvgIpc) is 2.46. The van der Waals surface area contributed by atoms with Gasteiger partial charge >= 0.3 is 0 Å². The van der Waals surface area contributed by atoms with Crippen molar-refractivity contribution in [3.8, 4) is 12.3 Å². The highest BCUT2D eigenvalue weighted by molar-refractivity contribution is 5.02. The molecule has 0 spiro atoms. The molecule has 2 heteroatoms. The number of hydrogen-bond donors (Lipinski definition) is 2. The summed E-state index contributed by atoms with van der Waals surface area (Å²) < 4.78 is 0. The van der Waals surface area contributed by atoms with Crippen molar-refractivity contribution in [1.82, 2.24) is 5.32 Å². The van der Waals surface area contributed by atoms with E-state index < -0.39 is 0 Å². The fourth-order valence-corrected chi connectivity index (χ4v) is 1.80. The van der Waals surface area contributed by atoms with E-state index in [1.165, 1.54) is 0 Å². The Morgan fingerprint density at radius 1 is 1.46 bits per heavy atom. The molecule has 1 saturated carbocycles. The zero-order chi connectivity index (χ0) is 9.84. The fraction of sp³-hybridized carbons (Fsp3) is 0.818. The molecule has 3 atom stereocenters. The van der Waals surface area contributed by atoms with Gasteiger partial charge in [0.1, 0.15) is 0 Å². The monoisotopic (exact) mass is 181 g/mol. The van der Waals surface area contributed by atoms with Gasteiger partial charge in [-0.15, -0.1) is 6.42 Å². The Balaban J connectivity index is 2.42. The summed E-state index contributed by atoms with van der Waals surface area (Å²) in [6.45, 7) is 4.19. The third-order valence-electron chi connectivity index (χ3n) is 2.72. The number of aliphatic hydroxyl groups excluding tert-OH is 1. The number of nitrogens with one attached hydrogen (secondary N) is 1. The summed E-state index contributed by atoms with van der Waals surface area (Å²) >= 11 is 0. The van der Waals surface area contributed by atoms with Crippen LogP contribution >= 0.6 is 0 Å². The van der Waals surface area contributed by atoms with E-state index in [1.54, 1.807) is 0 Å². The third kappa shape index (κ3) is 2.72. The molecule has 13 heavy (non-hydrogen) atoms. The quantitative estimate of drug-likeness (QED) is 0.640. The van der Waals surface area contributed by atoms with E-state index >= 15 is 0 Å². The Labute approximate surface area is 80.7 Å². The lowest BCUT2D eigenvalue weighted by molar-refractivity contribution is 0.143. The van der Waals surface area contributed by atoms with Gasteiger partial charge in [-0.2, -0.15) is 0 Å². The van der Waals surface area contributed by atoms with Crippen molar-refractivity contribution in [2.45, 2.75) is 51.3 Å². The summed E-state index contributed by atoms with van der Waals surface area (Å²) in [5, 5.41) is 12.9. The molecule has 0 aromatic rings. The highest BCUT2D eigenvalue weighted by Crippen LogP contribution is 2.20. The van der Waals surface area contributed by atoms with Crippen LogP contribution in [0.5, 0.6) is 0 Å². The van der Waals surface area contributed by atoms with Gasteiger partial charge in [-0.05, 0) is 25.2 Å². The second-order valence-corrected chi connectivity index (χ2v) is 4.16. The molecule has 0 aliphatic heterocycles. The lowest BCUT2D eigenvalue weighted by Gasteiger charge is -2.23. The van der Waals surface area contributed by atoms with E-state index in [-0.39, 0.29) is 18.2 Å². The first kappa shape index (κ1) is 10.6. The maximum atomic E-state index is 9.58. The van der Waals surface area contributed by atoms with Crippen molar-refractivity contribution in [2.24, 2.45) is 5.92 Å². The van der Waals surface area contributed by atoms with Crippen molar-refractivity contribution in [2.75, 3.05) is 0 Å². The molecule has 0 aromatic heterocycles. The molecule has 0 amide bonds. The van der Waals surface area contributed by atoms with Gasteiger partial charge in [-0.3, -0.25) is 5.32 Å². The SMILES string of the molecule is C#CC(N[C@H]1CCC[C@@H]1O)C(C)C. The highest BCUT2D eigenvalue weighted by Gasteiger charge is 2.27. The summed E-state index contributed by atoms with van der Waals surface area (Å²) in [5.41, 5.74) is 0. The minimum atomic E-state index is -0.199. The van der Waals surface area contributed by atoms with Gasteiger partial charge in [0.05, 0.1) is 12.1 Å². The Morgan fingerprint density at radius 2 is 2.15 bits per heavy atom. The van der Waals surface area contributed by atoms with Crippen molar-refractivity contribution in [3.05, 3.63) is 0 Å². The summed E-state index contributed by atoms with van der Waals surface area (Å²) in [4.78, 5) is 0. The summed E-state index contributed by atoms with van der Waals surface area (Å²) in [7, 11) is 0. The lowest BCUT2D eigenvalue weighted by atomic mass is 10.0. The molecule has 0 heterocycles. The number of aliphatic hydroxyl groups is 1. The van der Waals surface area contributed by atoms with Crippen LogP contribution in [-0.2, 0) is 0 Å². The van der Waals surface area contributed by atoms with Gasteiger partial charge in [0, 0.05) is 6.04 Å². The van der Waals surface area contributed by atoms with Crippen LogP contribution in [-0.4, -0.2) is 23.3 Å². The molecule has 0 saturated heterocycles. The van der Waals surface area contributed by atoms with Crippen LogP contribution in [0.1, 0.15) is 33.1 Å². The van der Waals surface area contributed by atoms with Gasteiger partial charge in [0.25, 0.3) is 0 Å². The highest BCUT2D eigenvalue weighted by atomic mass is 16.3. The molecule has 0 bridgehead atoms. The van der Waals surface area contributed by atoms with Crippen LogP contribution in [0, 0.1) is 18.3 Å². The molecule has 74 valence electrons. The molecular weight excluding hydrogens is 162 g/mol. The van der Waals surface area contributed by atoms with Crippen LogP contribution < -0.4 is 5.32 Å². The average molecular weight is 181 g/mol. The number of terminal acetylenes is 1. The van der Waals surface area contributed by atoms with E-state index in [9.17, 15) is 5.11 Å². The van der Waals surface area contributed by atoms with Crippen LogP contribution in [0.4, 0.5) is 0 Å². The zero-order valence-electron chi connectivity index (χ0n) is 8.46. The number of hydrogen-bond acceptors (Lipinski definition) is 2. The first-order chi connectivity index (χ1) is 6.15. The van der Waals surface area contributed by atoms with Gasteiger partial charge < -0.3 is 5.11 Å². The molecule has 0 aromatic carbocycles. The predicted molar refractivity (Wildman–Crippen MR) is 54.2 cm³/mol. The largest absolute Gasteiger partial charge is 0.392 e. The maximum Gasteiger partial charge on any atom is 0.0713 e. The lowest BCUT2D eigenvalue weighted by Crippen LogP contribution is -2.44. The van der Waals surface area contributed by atoms with Crippen LogP contribution in [0.25, 0.3) is 0 Å². The van der Waals surface area contributed by atoms with Crippen molar-refractivity contribution < 1.29 is 5.11 Å². The topological polar surface area (TPSA) is 32.3 Å². The van der Waals surface area contributed by atoms with E-state index in [4.69, 9.17) is 6.42 Å². The predicted octanol–water partition coefficient (Wildman–Crippen LogP) is 1.15. The van der Waals surface area contributed by atoms with Crippen molar-refractivity contribution in [3.63, 3.8) is 0 Å². The molecular formula is C11H19NO. The van der Waals surface area contributed by atoms with Gasteiger partial charge in [0.15, 0.2) is 0 Å². The second kappa shape index (κ2) is 4.64. The molecule has 1 rings (SSSR count). The molecule has 1 fully saturated rings. The first-order valence-electron chi connectivity index (χ1n) is 5.05. The summed E-state index contributed by atoms with van der Waals surface area (Å²) in [6.07, 6.45) is 8.27. The zero-order valence-corrected chi connectivity index (χ0v) is 8.46. The van der Waals surface area contributed by atoms with Crippen molar-refractivity contribution >= 4 is 0 Å². The Hall–Kier alpha value is -0.520. The standard InChI is InChI=1S/C11H19NO/c1-4-9(8(2)3)12-10-6-5-7-11(10)13/h1,8-13H,5-7H2,2-3H3/t9?,10-,11-/m0/s1. The van der Waals surface area contributed by atoms with Gasteiger partial charge in [-0.1, -0.05) is 19.8 Å². The van der Waals surface area contributed by atoms with E-state index in [0.717, 1.165) is 19.3 Å². The maximum absolute atomic E-state index is 9.58. The van der Waals surface area contributed by atoms with Gasteiger partial charge in [0.2, 0.25) is 0 Å². The molecule has 1 unspecified atom stereocenters. The molecule has 2 N–H and O–H groups in total. The minimum Gasteiger partial charge on any atom is -0.392 e. The van der Waals surface area contributed by atoms with Gasteiger partial charge in [-0.25, -0.2) is 0 Å². The molecule has 1 aliphatic rings. The number of rotatable bonds is 3. The summed E-state index contributed by atoms with van der Waals surface area (Å²) in [6, 6.07) is 0.307. The minimum absolute atomic E-state index is 0.0951. The Morgan fingerprint density at radius 3 is 2.54 bits per heavy atom. The Bertz CT molecular complexity index is 195. The molecule has 2 nitrogen and oxygen atoms in total. The molecule has 1 aliphatic carbocycles. The smallest absolute Gasteiger partial charge is 0.0713 e. The third-order valence-corrected chi connectivity index (χ3v) is 2.72. The first-order valence-corrected chi connectivity index (χ1v) is 5.05.